The van der Waals surface area contributed by atoms with Crippen molar-refractivity contribution in [3.05, 3.63) is 0 Å². The number of phosphoric acid groups is 1. The van der Waals surface area contributed by atoms with Gasteiger partial charge in [0.2, 0.25) is 0 Å². The van der Waals surface area contributed by atoms with Gasteiger partial charge in [0.15, 0.2) is 25.0 Å². The van der Waals surface area contributed by atoms with Gasteiger partial charge in [-0.15, -0.1) is 0 Å². The van der Waals surface area contributed by atoms with Gasteiger partial charge in [-0.25, -0.2) is 4.57 Å². The summed E-state index contributed by atoms with van der Waals surface area (Å²) in [5.41, 5.74) is 0. The Kier molecular flexibility index (Phi) is 9.73. The van der Waals surface area contributed by atoms with E-state index in [1.165, 1.54) is 0 Å². The normalized spacial score (nSPS) is 13.5. The highest BCUT2D eigenvalue weighted by molar-refractivity contribution is 7.53. The molecule has 0 aromatic carbocycles. The van der Waals surface area contributed by atoms with Crippen molar-refractivity contribution in [2.45, 2.75) is 58.9 Å². The first-order valence-corrected chi connectivity index (χ1v) is 18.3. The molecule has 0 spiro atoms. The van der Waals surface area contributed by atoms with Crippen molar-refractivity contribution in [2.24, 2.45) is 0 Å². The van der Waals surface area contributed by atoms with Crippen molar-refractivity contribution in [3.8, 4) is 0 Å². The van der Waals surface area contributed by atoms with E-state index in [1.807, 2.05) is 58.9 Å². The van der Waals surface area contributed by atoms with Crippen LogP contribution in [0.4, 0.5) is 0 Å². The zero-order chi connectivity index (χ0) is 17.7. The number of hydrogen-bond donors (Lipinski definition) is 3. The lowest BCUT2D eigenvalue weighted by molar-refractivity contribution is 0.278. The Hall–Kier alpha value is 0.706. The molecule has 0 aliphatic heterocycles. The fraction of sp³-hybridized carbons (Fsp3) is 1.00. The minimum atomic E-state index is -3.40. The molecule has 0 aromatic rings. The Morgan fingerprint density at radius 2 is 0.810 bits per heavy atom. The van der Waals surface area contributed by atoms with Crippen LogP contribution in [0.25, 0.3) is 0 Å². The first-order valence-electron chi connectivity index (χ1n) is 6.62. The van der Waals surface area contributed by atoms with E-state index in [-0.39, 0.29) is 0 Å². The van der Waals surface area contributed by atoms with Gasteiger partial charge >= 0.3 is 15.1 Å². The van der Waals surface area contributed by atoms with E-state index in [0.29, 0.717) is 0 Å². The molecule has 0 saturated heterocycles. The van der Waals surface area contributed by atoms with Gasteiger partial charge in [-0.05, 0) is 58.9 Å². The Labute approximate surface area is 131 Å². The summed E-state index contributed by atoms with van der Waals surface area (Å²) in [6.07, 6.45) is 0. The van der Waals surface area contributed by atoms with Gasteiger partial charge in [-0.3, -0.25) is 0 Å². The molecule has 3 N–H and O–H groups in total. The Bertz CT molecular complexity index is 298. The highest BCUT2D eigenvalue weighted by atomic mass is 31.2. The first kappa shape index (κ1) is 24.0. The zero-order valence-electron chi connectivity index (χ0n) is 14.5. The summed E-state index contributed by atoms with van der Waals surface area (Å²) >= 11 is 0. The van der Waals surface area contributed by atoms with Gasteiger partial charge in [0.05, 0.1) is 0 Å². The van der Waals surface area contributed by atoms with Gasteiger partial charge < -0.3 is 27.7 Å². The quantitative estimate of drug-likeness (QED) is 0.483. The Morgan fingerprint density at radius 3 is 0.905 bits per heavy atom. The average molecular weight is 376 g/mol. The summed E-state index contributed by atoms with van der Waals surface area (Å²) in [5, 5.41) is 21.5. The van der Waals surface area contributed by atoms with E-state index in [0.717, 1.165) is 0 Å². The predicted octanol–water partition coefficient (Wildman–Crippen LogP) is 2.60. The zero-order valence-corrected chi connectivity index (χ0v) is 18.4. The molecule has 0 unspecified atom stereocenters. The van der Waals surface area contributed by atoms with Crippen LogP contribution in [0.15, 0.2) is 0 Å². The third kappa shape index (κ3) is 20.7. The average Bonchev–Trinajstić information content (AvgIpc) is 1.85. The van der Waals surface area contributed by atoms with Crippen molar-refractivity contribution in [2.75, 3.05) is 0 Å². The fourth-order valence-corrected chi connectivity index (χ4v) is 10.6. The molecule has 128 valence electrons. The van der Waals surface area contributed by atoms with E-state index in [4.69, 9.17) is 27.7 Å². The second kappa shape index (κ2) is 8.53. The topological polar surface area (TPSA) is 105 Å². The Morgan fingerprint density at radius 1 is 0.667 bits per heavy atom. The largest absolute Gasteiger partial charge is 0.631 e. The van der Waals surface area contributed by atoms with Crippen LogP contribution in [-0.2, 0) is 17.2 Å². The number of hydrogen-bond acceptors (Lipinski definition) is 7. The molecule has 0 aromatic heterocycles. The minimum absolute atomic E-state index is 1.96. The first-order chi connectivity index (χ1) is 8.85. The summed E-state index contributed by atoms with van der Waals surface area (Å²) in [4.78, 5) is 0. The molecule has 0 saturated carbocycles. The van der Waals surface area contributed by atoms with Gasteiger partial charge in [0, 0.05) is 0 Å². The molecule has 0 aliphatic rings. The van der Waals surface area contributed by atoms with Crippen molar-refractivity contribution >= 4 is 40.1 Å². The molecular formula is C9H30BO7PSi3. The minimum Gasteiger partial charge on any atom is -0.402 e. The van der Waals surface area contributed by atoms with Crippen molar-refractivity contribution in [1.82, 2.24) is 0 Å². The molecule has 0 fully saturated rings. The van der Waals surface area contributed by atoms with Crippen molar-refractivity contribution in [1.29, 1.82) is 0 Å². The van der Waals surface area contributed by atoms with Crippen LogP contribution >= 0.6 is 7.82 Å². The summed E-state index contributed by atoms with van der Waals surface area (Å²) < 4.78 is 29.8. The molecule has 0 amide bonds. The fourth-order valence-electron chi connectivity index (χ4n) is 1.06. The standard InChI is InChI=1S/C9H27O4PSi3.BH3O3/c1-15(2,3)11-14(10,12-16(4,5)6)13-17(7,8)9;2-1(3)4/h1-9H3;2-4H. The van der Waals surface area contributed by atoms with Crippen LogP contribution in [0.2, 0.25) is 58.9 Å². The van der Waals surface area contributed by atoms with Crippen LogP contribution in [-0.4, -0.2) is 47.3 Å². The summed E-state index contributed by atoms with van der Waals surface area (Å²) in [6, 6.07) is 0. The molecule has 0 heterocycles. The lowest BCUT2D eigenvalue weighted by Crippen LogP contribution is -2.34. The third-order valence-electron chi connectivity index (χ3n) is 1.16. The van der Waals surface area contributed by atoms with E-state index < -0.39 is 40.1 Å². The highest BCUT2D eigenvalue weighted by Gasteiger charge is 2.41. The lowest BCUT2D eigenvalue weighted by Gasteiger charge is -2.33. The van der Waals surface area contributed by atoms with Crippen molar-refractivity contribution in [3.63, 3.8) is 0 Å². The monoisotopic (exact) mass is 376 g/mol. The summed E-state index contributed by atoms with van der Waals surface area (Å²) in [6.45, 7) is 17.9. The lowest BCUT2D eigenvalue weighted by atomic mass is 10.3. The van der Waals surface area contributed by atoms with E-state index in [2.05, 4.69) is 0 Å². The highest BCUT2D eigenvalue weighted by Crippen LogP contribution is 2.55. The van der Waals surface area contributed by atoms with Gasteiger partial charge in [-0.1, -0.05) is 0 Å². The molecule has 0 radical (unpaired) electrons. The predicted molar refractivity (Wildman–Crippen MR) is 93.3 cm³/mol. The maximum absolute atomic E-state index is 12.7. The van der Waals surface area contributed by atoms with Gasteiger partial charge in [0.1, 0.15) is 0 Å². The van der Waals surface area contributed by atoms with E-state index in [9.17, 15) is 4.57 Å². The SMILES string of the molecule is C[Si](C)(C)OP(=O)(O[Si](C)(C)C)O[Si](C)(C)C.OB(O)O. The maximum Gasteiger partial charge on any atom is 0.631 e. The van der Waals surface area contributed by atoms with Crippen molar-refractivity contribution < 1.29 is 32.3 Å². The molecule has 12 heteroatoms. The smallest absolute Gasteiger partial charge is 0.402 e. The number of rotatable bonds is 6. The van der Waals surface area contributed by atoms with Crippen LogP contribution in [0.1, 0.15) is 0 Å². The molecular weight excluding hydrogens is 346 g/mol. The molecule has 0 atom stereocenters. The van der Waals surface area contributed by atoms with Crippen LogP contribution in [0.5, 0.6) is 0 Å². The van der Waals surface area contributed by atoms with Gasteiger partial charge in [-0.2, -0.15) is 0 Å². The summed E-state index contributed by atoms with van der Waals surface area (Å²) in [5.74, 6) is 0. The van der Waals surface area contributed by atoms with E-state index >= 15 is 0 Å². The Balaban J connectivity index is 0. The maximum atomic E-state index is 12.7. The molecule has 7 nitrogen and oxygen atoms in total. The molecule has 0 aliphatic carbocycles. The second-order valence-corrected chi connectivity index (χ2v) is 23.2. The van der Waals surface area contributed by atoms with Gasteiger partial charge in [0.25, 0.3) is 0 Å². The third-order valence-corrected chi connectivity index (χ3v) is 10.4. The molecule has 0 rings (SSSR count). The van der Waals surface area contributed by atoms with E-state index in [1.54, 1.807) is 0 Å². The van der Waals surface area contributed by atoms with Crippen LogP contribution < -0.4 is 0 Å². The summed E-state index contributed by atoms with van der Waals surface area (Å²) in [7, 11) is -11.4. The molecule has 0 bridgehead atoms. The second-order valence-electron chi connectivity index (χ2n) is 7.40. The molecule has 21 heavy (non-hydrogen) atoms. The van der Waals surface area contributed by atoms with Crippen LogP contribution in [0.3, 0.4) is 0 Å². The van der Waals surface area contributed by atoms with Crippen LogP contribution in [0, 0.1) is 0 Å².